The van der Waals surface area contributed by atoms with Crippen molar-refractivity contribution in [2.45, 2.75) is 45.5 Å². The molecular weight excluding hydrogens is 255 g/mol. The summed E-state index contributed by atoms with van der Waals surface area (Å²) in [4.78, 5) is 0. The second-order valence-electron chi connectivity index (χ2n) is 6.27. The van der Waals surface area contributed by atoms with E-state index in [1.807, 2.05) is 45.9 Å². The van der Waals surface area contributed by atoms with Crippen molar-refractivity contribution in [1.82, 2.24) is 0 Å². The lowest BCUT2D eigenvalue weighted by atomic mass is 9.78. The Morgan fingerprint density at radius 2 is 1.75 bits per heavy atom. The third kappa shape index (κ3) is 1.97. The summed E-state index contributed by atoms with van der Waals surface area (Å²) >= 11 is 0. The van der Waals surface area contributed by atoms with Crippen LogP contribution in [0.2, 0.25) is 0 Å². The number of rotatable bonds is 2. The van der Waals surface area contributed by atoms with Crippen molar-refractivity contribution in [3.05, 3.63) is 30.0 Å². The summed E-state index contributed by atoms with van der Waals surface area (Å²) in [5.74, 6) is 0. The van der Waals surface area contributed by atoms with E-state index in [9.17, 15) is 5.11 Å². The zero-order valence-corrected chi connectivity index (χ0v) is 12.3. The van der Waals surface area contributed by atoms with Gasteiger partial charge in [-0.1, -0.05) is 12.1 Å². The van der Waals surface area contributed by atoms with Crippen LogP contribution in [-0.4, -0.2) is 23.4 Å². The van der Waals surface area contributed by atoms with Gasteiger partial charge in [-0.15, -0.1) is 0 Å². The van der Waals surface area contributed by atoms with Crippen LogP contribution in [0, 0.1) is 0 Å². The highest BCUT2D eigenvalue weighted by Crippen LogP contribution is 2.36. The molecule has 1 aliphatic heterocycles. The molecule has 1 aromatic carbocycles. The number of aliphatic hydroxyl groups is 1. The standard InChI is InChI=1S/C15H19BO4/c1-14(2)15(3,4)20-16(19-14)12-7-10-5-6-18-13(10)11(8-12)9-17/h5-8,17H,9H2,1-4H3. The van der Waals surface area contributed by atoms with E-state index < -0.39 is 7.12 Å². The molecule has 2 aromatic rings. The topological polar surface area (TPSA) is 51.8 Å². The van der Waals surface area contributed by atoms with Crippen molar-refractivity contribution >= 4 is 23.6 Å². The molecule has 2 heterocycles. The molecule has 0 atom stereocenters. The predicted molar refractivity (Wildman–Crippen MR) is 77.9 cm³/mol. The maximum absolute atomic E-state index is 9.48. The number of fused-ring (bicyclic) bond motifs is 1. The van der Waals surface area contributed by atoms with Crippen LogP contribution in [0.3, 0.4) is 0 Å². The Bertz CT molecular complexity index is 628. The number of hydrogen-bond acceptors (Lipinski definition) is 4. The minimum atomic E-state index is -0.426. The molecule has 0 bridgehead atoms. The molecule has 1 N–H and O–H groups in total. The van der Waals surface area contributed by atoms with Crippen LogP contribution in [0.4, 0.5) is 0 Å². The Morgan fingerprint density at radius 1 is 1.10 bits per heavy atom. The predicted octanol–water partition coefficient (Wildman–Crippen LogP) is 2.22. The second kappa shape index (κ2) is 4.35. The van der Waals surface area contributed by atoms with Crippen molar-refractivity contribution in [2.75, 3.05) is 0 Å². The molecule has 1 aliphatic rings. The van der Waals surface area contributed by atoms with E-state index in [2.05, 4.69) is 0 Å². The summed E-state index contributed by atoms with van der Waals surface area (Å²) in [6.07, 6.45) is 1.62. The summed E-state index contributed by atoms with van der Waals surface area (Å²) in [5.41, 5.74) is 1.62. The molecule has 4 nitrogen and oxygen atoms in total. The monoisotopic (exact) mass is 274 g/mol. The molecule has 5 heteroatoms. The number of hydrogen-bond donors (Lipinski definition) is 1. The van der Waals surface area contributed by atoms with Gasteiger partial charge in [0, 0.05) is 10.9 Å². The Kier molecular flexibility index (Phi) is 2.97. The van der Waals surface area contributed by atoms with Crippen LogP contribution < -0.4 is 5.46 Å². The lowest BCUT2D eigenvalue weighted by molar-refractivity contribution is 0.00578. The van der Waals surface area contributed by atoms with Crippen molar-refractivity contribution in [2.24, 2.45) is 0 Å². The first kappa shape index (κ1) is 13.7. The molecule has 20 heavy (non-hydrogen) atoms. The maximum atomic E-state index is 9.48. The fourth-order valence-corrected chi connectivity index (χ4v) is 2.41. The summed E-state index contributed by atoms with van der Waals surface area (Å²) in [5, 5.41) is 10.4. The third-order valence-electron chi connectivity index (χ3n) is 4.35. The van der Waals surface area contributed by atoms with Crippen LogP contribution in [0.1, 0.15) is 33.3 Å². The number of aliphatic hydroxyl groups excluding tert-OH is 1. The molecule has 0 unspecified atom stereocenters. The van der Waals surface area contributed by atoms with Gasteiger partial charge in [-0.05, 0) is 39.2 Å². The van der Waals surface area contributed by atoms with E-state index >= 15 is 0 Å². The Labute approximate surface area is 118 Å². The van der Waals surface area contributed by atoms with Crippen molar-refractivity contribution in [1.29, 1.82) is 0 Å². The molecule has 0 saturated carbocycles. The van der Waals surface area contributed by atoms with Crippen molar-refractivity contribution in [3.63, 3.8) is 0 Å². The lowest BCUT2D eigenvalue weighted by Crippen LogP contribution is -2.41. The molecule has 3 rings (SSSR count). The molecule has 1 saturated heterocycles. The number of benzene rings is 1. The minimum Gasteiger partial charge on any atom is -0.464 e. The highest BCUT2D eigenvalue weighted by molar-refractivity contribution is 6.62. The number of furan rings is 1. The Morgan fingerprint density at radius 3 is 2.35 bits per heavy atom. The Hall–Kier alpha value is -1.30. The summed E-state index contributed by atoms with van der Waals surface area (Å²) in [7, 11) is -0.426. The van der Waals surface area contributed by atoms with E-state index in [1.165, 1.54) is 0 Å². The smallest absolute Gasteiger partial charge is 0.464 e. The largest absolute Gasteiger partial charge is 0.494 e. The van der Waals surface area contributed by atoms with Gasteiger partial charge in [-0.25, -0.2) is 0 Å². The van der Waals surface area contributed by atoms with Gasteiger partial charge in [0.25, 0.3) is 0 Å². The fraction of sp³-hybridized carbons (Fsp3) is 0.467. The van der Waals surface area contributed by atoms with Crippen LogP contribution in [0.15, 0.2) is 28.9 Å². The van der Waals surface area contributed by atoms with E-state index in [1.54, 1.807) is 6.26 Å². The highest BCUT2D eigenvalue weighted by atomic mass is 16.7. The molecule has 0 amide bonds. The summed E-state index contributed by atoms with van der Waals surface area (Å²) in [6.45, 7) is 8.02. The molecular formula is C15H19BO4. The fourth-order valence-electron chi connectivity index (χ4n) is 2.41. The first-order valence-electron chi connectivity index (χ1n) is 6.80. The van der Waals surface area contributed by atoms with E-state index in [-0.39, 0.29) is 17.8 Å². The minimum absolute atomic E-state index is 0.0721. The van der Waals surface area contributed by atoms with Gasteiger partial charge < -0.3 is 18.8 Å². The SMILES string of the molecule is CC1(C)OB(c2cc(CO)c3occc3c2)OC1(C)C. The zero-order valence-electron chi connectivity index (χ0n) is 12.3. The molecule has 0 aliphatic carbocycles. The van der Waals surface area contributed by atoms with Gasteiger partial charge in [-0.2, -0.15) is 0 Å². The Balaban J connectivity index is 2.03. The molecule has 0 radical (unpaired) electrons. The molecule has 0 spiro atoms. The van der Waals surface area contributed by atoms with Gasteiger partial charge in [0.15, 0.2) is 0 Å². The lowest BCUT2D eigenvalue weighted by Gasteiger charge is -2.32. The third-order valence-corrected chi connectivity index (χ3v) is 4.35. The van der Waals surface area contributed by atoms with Crippen LogP contribution in [0.5, 0.6) is 0 Å². The van der Waals surface area contributed by atoms with Gasteiger partial charge in [0.2, 0.25) is 0 Å². The van der Waals surface area contributed by atoms with Crippen LogP contribution in [-0.2, 0) is 15.9 Å². The van der Waals surface area contributed by atoms with E-state index in [0.29, 0.717) is 5.58 Å². The van der Waals surface area contributed by atoms with E-state index in [0.717, 1.165) is 16.4 Å². The zero-order chi connectivity index (χ0) is 14.5. The second-order valence-corrected chi connectivity index (χ2v) is 6.27. The van der Waals surface area contributed by atoms with Gasteiger partial charge >= 0.3 is 7.12 Å². The van der Waals surface area contributed by atoms with Crippen LogP contribution >= 0.6 is 0 Å². The first-order chi connectivity index (χ1) is 9.34. The molecule has 1 aromatic heterocycles. The molecule has 1 fully saturated rings. The average molecular weight is 274 g/mol. The van der Waals surface area contributed by atoms with Crippen molar-refractivity contribution in [3.8, 4) is 0 Å². The summed E-state index contributed by atoms with van der Waals surface area (Å²) in [6, 6.07) is 5.75. The van der Waals surface area contributed by atoms with Gasteiger partial charge in [-0.3, -0.25) is 0 Å². The average Bonchev–Trinajstić information content (AvgIpc) is 2.91. The van der Waals surface area contributed by atoms with E-state index in [4.69, 9.17) is 13.7 Å². The van der Waals surface area contributed by atoms with Gasteiger partial charge in [0.1, 0.15) is 5.58 Å². The van der Waals surface area contributed by atoms with Crippen LogP contribution in [0.25, 0.3) is 11.0 Å². The maximum Gasteiger partial charge on any atom is 0.494 e. The highest BCUT2D eigenvalue weighted by Gasteiger charge is 2.51. The first-order valence-corrected chi connectivity index (χ1v) is 6.80. The quantitative estimate of drug-likeness (QED) is 0.853. The van der Waals surface area contributed by atoms with Crippen molar-refractivity contribution < 1.29 is 18.8 Å². The normalized spacial score (nSPS) is 20.8. The summed E-state index contributed by atoms with van der Waals surface area (Å²) < 4.78 is 17.5. The van der Waals surface area contributed by atoms with Gasteiger partial charge in [0.05, 0.1) is 24.1 Å². The molecule has 106 valence electrons.